The highest BCUT2D eigenvalue weighted by Gasteiger charge is 2.16. The summed E-state index contributed by atoms with van der Waals surface area (Å²) in [6.07, 6.45) is 1.51. The Morgan fingerprint density at radius 1 is 1.36 bits per heavy atom. The van der Waals surface area contributed by atoms with Crippen molar-refractivity contribution in [3.05, 3.63) is 47.9 Å². The minimum absolute atomic E-state index is 0.118. The molecule has 4 N–H and O–H groups in total. The second-order valence-electron chi connectivity index (χ2n) is 5.87. The fourth-order valence-corrected chi connectivity index (χ4v) is 2.60. The van der Waals surface area contributed by atoms with Gasteiger partial charge in [0.2, 0.25) is 5.88 Å². The molecule has 2 amide bonds. The lowest BCUT2D eigenvalue weighted by Crippen LogP contribution is -2.35. The monoisotopic (exact) mass is 389 g/mol. The summed E-state index contributed by atoms with van der Waals surface area (Å²) < 4.78 is 23.5. The van der Waals surface area contributed by atoms with Gasteiger partial charge in [0.15, 0.2) is 0 Å². The van der Waals surface area contributed by atoms with Crippen LogP contribution in [-0.4, -0.2) is 53.2 Å². The van der Waals surface area contributed by atoms with Crippen LogP contribution < -0.4 is 15.4 Å². The normalized spacial score (nSPS) is 12.0. The van der Waals surface area contributed by atoms with Crippen molar-refractivity contribution in [2.75, 3.05) is 32.2 Å². The fraction of sp³-hybridized carbons (Fsp3) is 0.278. The van der Waals surface area contributed by atoms with E-state index in [1.807, 2.05) is 0 Å². The molecule has 1 unspecified atom stereocenters. The van der Waals surface area contributed by atoms with Crippen molar-refractivity contribution < 1.29 is 23.8 Å². The number of rotatable bonds is 8. The molecule has 0 saturated heterocycles. The zero-order chi connectivity index (χ0) is 19.9. The minimum Gasteiger partial charge on any atom is -0.474 e. The lowest BCUT2D eigenvalue weighted by Gasteiger charge is -2.18. The number of H-pyrrole nitrogens is 1. The van der Waals surface area contributed by atoms with Gasteiger partial charge >= 0.3 is 6.03 Å². The molecule has 2 aromatic heterocycles. The Labute approximate surface area is 159 Å². The third kappa shape index (κ3) is 4.72. The van der Waals surface area contributed by atoms with Gasteiger partial charge in [0.25, 0.3) is 0 Å². The number of pyridine rings is 1. The summed E-state index contributed by atoms with van der Waals surface area (Å²) in [7, 11) is 1.51. The molecule has 0 radical (unpaired) electrons. The minimum atomic E-state index is -0.491. The number of hydrogen-bond donors (Lipinski definition) is 4. The number of methoxy groups -OCH3 is 1. The molecule has 0 saturated carbocycles. The van der Waals surface area contributed by atoms with Crippen LogP contribution in [0.5, 0.6) is 5.88 Å². The number of carbonyl (C=O) groups is 1. The fourth-order valence-electron chi connectivity index (χ4n) is 2.60. The quantitative estimate of drug-likeness (QED) is 0.467. The number of urea groups is 1. The van der Waals surface area contributed by atoms with E-state index in [1.165, 1.54) is 25.4 Å². The van der Waals surface area contributed by atoms with Crippen LogP contribution >= 0.6 is 0 Å². The van der Waals surface area contributed by atoms with Crippen LogP contribution in [0.1, 0.15) is 11.6 Å². The lowest BCUT2D eigenvalue weighted by molar-refractivity contribution is 0.168. The number of ether oxygens (including phenoxy) is 2. The largest absolute Gasteiger partial charge is 0.474 e. The molecule has 0 spiro atoms. The Morgan fingerprint density at radius 2 is 2.14 bits per heavy atom. The Morgan fingerprint density at radius 3 is 2.86 bits per heavy atom. The van der Waals surface area contributed by atoms with Crippen LogP contribution in [0.15, 0.2) is 36.5 Å². The highest BCUT2D eigenvalue weighted by Crippen LogP contribution is 2.23. The molecule has 9 nitrogen and oxygen atoms in total. The number of aromatic amines is 1. The summed E-state index contributed by atoms with van der Waals surface area (Å²) in [5.41, 5.74) is 1.33. The van der Waals surface area contributed by atoms with Gasteiger partial charge in [-0.1, -0.05) is 12.1 Å². The molecule has 10 heteroatoms. The number of carbonyl (C=O) groups excluding carboxylic acids is 1. The van der Waals surface area contributed by atoms with E-state index < -0.39 is 12.1 Å². The van der Waals surface area contributed by atoms with Crippen LogP contribution in [-0.2, 0) is 4.74 Å². The summed E-state index contributed by atoms with van der Waals surface area (Å²) in [6.45, 7) is 0.211. The highest BCUT2D eigenvalue weighted by molar-refractivity contribution is 5.92. The number of aliphatic hydroxyl groups is 1. The third-order valence-corrected chi connectivity index (χ3v) is 3.89. The first-order valence-electron chi connectivity index (χ1n) is 8.50. The van der Waals surface area contributed by atoms with Crippen LogP contribution in [0.2, 0.25) is 0 Å². The van der Waals surface area contributed by atoms with E-state index in [9.17, 15) is 9.18 Å². The number of benzene rings is 1. The van der Waals surface area contributed by atoms with E-state index in [0.29, 0.717) is 28.2 Å². The van der Waals surface area contributed by atoms with Crippen LogP contribution in [0.4, 0.5) is 15.0 Å². The van der Waals surface area contributed by atoms with E-state index in [2.05, 4.69) is 25.8 Å². The first-order chi connectivity index (χ1) is 13.6. The number of nitrogens with one attached hydrogen (secondary N) is 3. The summed E-state index contributed by atoms with van der Waals surface area (Å²) in [5.74, 6) is 0.269. The maximum absolute atomic E-state index is 13.1. The first-order valence-corrected chi connectivity index (χ1v) is 8.50. The predicted molar refractivity (Wildman–Crippen MR) is 99.6 cm³/mol. The van der Waals surface area contributed by atoms with Gasteiger partial charge < -0.3 is 19.9 Å². The van der Waals surface area contributed by atoms with E-state index in [1.54, 1.807) is 18.2 Å². The molecule has 148 valence electrons. The Kier molecular flexibility index (Phi) is 6.35. The number of anilines is 1. The Bertz CT molecular complexity index is 931. The second kappa shape index (κ2) is 9.11. The van der Waals surface area contributed by atoms with Gasteiger partial charge in [0.05, 0.1) is 30.2 Å². The van der Waals surface area contributed by atoms with E-state index >= 15 is 0 Å². The summed E-state index contributed by atoms with van der Waals surface area (Å²) in [6, 6.07) is 6.47. The number of aromatic nitrogens is 3. The summed E-state index contributed by atoms with van der Waals surface area (Å²) in [5, 5.41) is 21.6. The zero-order valence-electron chi connectivity index (χ0n) is 15.1. The van der Waals surface area contributed by atoms with E-state index in [-0.39, 0.29) is 25.6 Å². The Hall–Kier alpha value is -3.24. The van der Waals surface area contributed by atoms with Crippen molar-refractivity contribution >= 4 is 22.8 Å². The number of aliphatic hydroxyl groups excluding tert-OH is 1. The maximum atomic E-state index is 13.1. The molecule has 0 aliphatic rings. The van der Waals surface area contributed by atoms with Gasteiger partial charge in [-0.3, -0.25) is 10.4 Å². The van der Waals surface area contributed by atoms with E-state index in [4.69, 9.17) is 14.6 Å². The molecule has 2 heterocycles. The molecule has 0 aliphatic carbocycles. The number of hydrogen-bond acceptors (Lipinski definition) is 6. The van der Waals surface area contributed by atoms with Crippen LogP contribution in [0.3, 0.4) is 0 Å². The number of halogens is 1. The average Bonchev–Trinajstić information content (AvgIpc) is 3.09. The van der Waals surface area contributed by atoms with E-state index in [0.717, 1.165) is 0 Å². The molecular formula is C18H20FN5O4. The first kappa shape index (κ1) is 19.5. The van der Waals surface area contributed by atoms with Gasteiger partial charge in [-0.15, -0.1) is 5.10 Å². The maximum Gasteiger partial charge on any atom is 0.320 e. The SMILES string of the molecule is COCC(NC(=O)Nc1cc2[nH]nc(OCCO)c2cn1)c1ccc(F)cc1. The van der Waals surface area contributed by atoms with Crippen LogP contribution in [0, 0.1) is 5.82 Å². The Balaban J connectivity index is 1.68. The van der Waals surface area contributed by atoms with Gasteiger partial charge in [-0.25, -0.2) is 14.2 Å². The predicted octanol–water partition coefficient (Wildman–Crippen LogP) is 1.98. The van der Waals surface area contributed by atoms with Crippen molar-refractivity contribution in [2.45, 2.75) is 6.04 Å². The number of amides is 2. The smallest absolute Gasteiger partial charge is 0.320 e. The third-order valence-electron chi connectivity index (χ3n) is 3.89. The highest BCUT2D eigenvalue weighted by atomic mass is 19.1. The lowest BCUT2D eigenvalue weighted by atomic mass is 10.1. The average molecular weight is 389 g/mol. The van der Waals surface area contributed by atoms with Crippen molar-refractivity contribution in [1.82, 2.24) is 20.5 Å². The van der Waals surface area contributed by atoms with Crippen molar-refractivity contribution in [1.29, 1.82) is 0 Å². The van der Waals surface area contributed by atoms with Crippen molar-refractivity contribution in [3.63, 3.8) is 0 Å². The number of fused-ring (bicyclic) bond motifs is 1. The van der Waals surface area contributed by atoms with Gasteiger partial charge in [-0.2, -0.15) is 0 Å². The molecule has 0 bridgehead atoms. The molecule has 0 aliphatic heterocycles. The molecule has 1 aromatic carbocycles. The van der Waals surface area contributed by atoms with Crippen molar-refractivity contribution in [2.24, 2.45) is 0 Å². The zero-order valence-corrected chi connectivity index (χ0v) is 15.1. The molecular weight excluding hydrogens is 369 g/mol. The summed E-state index contributed by atoms with van der Waals surface area (Å²) in [4.78, 5) is 16.5. The molecule has 1 atom stereocenters. The topological polar surface area (TPSA) is 121 Å². The van der Waals surface area contributed by atoms with Gasteiger partial charge in [0.1, 0.15) is 18.2 Å². The van der Waals surface area contributed by atoms with Crippen molar-refractivity contribution in [3.8, 4) is 5.88 Å². The molecule has 28 heavy (non-hydrogen) atoms. The van der Waals surface area contributed by atoms with Gasteiger partial charge in [-0.05, 0) is 17.7 Å². The summed E-state index contributed by atoms with van der Waals surface area (Å²) >= 11 is 0. The van der Waals surface area contributed by atoms with Gasteiger partial charge in [0, 0.05) is 19.4 Å². The molecule has 3 aromatic rings. The standard InChI is InChI=1S/C18H20FN5O4/c1-27-10-15(11-2-4-12(19)5-3-11)21-18(26)22-16-8-14-13(9-20-16)17(24-23-14)28-7-6-25/h2-5,8-9,15,25H,6-7,10H2,1H3,(H,23,24)(H2,20,21,22,26). The number of nitrogens with zero attached hydrogens (tertiary/aromatic N) is 2. The molecule has 0 fully saturated rings. The molecule has 3 rings (SSSR count). The van der Waals surface area contributed by atoms with Crippen LogP contribution in [0.25, 0.3) is 10.9 Å². The second-order valence-corrected chi connectivity index (χ2v) is 5.87.